The Labute approximate surface area is 143 Å². The van der Waals surface area contributed by atoms with Gasteiger partial charge in [0.2, 0.25) is 6.79 Å². The van der Waals surface area contributed by atoms with Crippen LogP contribution in [-0.4, -0.2) is 27.5 Å². The predicted molar refractivity (Wildman–Crippen MR) is 91.4 cm³/mol. The van der Waals surface area contributed by atoms with Crippen molar-refractivity contribution in [1.29, 1.82) is 0 Å². The van der Waals surface area contributed by atoms with E-state index in [1.807, 2.05) is 19.3 Å². The minimum absolute atomic E-state index is 0.105. The Morgan fingerprint density at radius 3 is 2.92 bits per heavy atom. The first kappa shape index (κ1) is 15.0. The van der Waals surface area contributed by atoms with E-state index in [9.17, 15) is 4.79 Å². The highest BCUT2D eigenvalue weighted by Crippen LogP contribution is 2.30. The molecule has 0 atom stereocenters. The van der Waals surface area contributed by atoms with Crippen molar-refractivity contribution in [3.8, 4) is 22.8 Å². The zero-order chi connectivity index (χ0) is 17.4. The van der Waals surface area contributed by atoms with Crippen LogP contribution in [0.15, 0.2) is 42.7 Å². The molecule has 1 aromatic carbocycles. The molecule has 2 aromatic heterocycles. The number of fused-ring (bicyclic) bond motifs is 1. The Balaban J connectivity index is 1.60. The number of ether oxygens (including phenoxy) is 2. The number of carbonyl (C=O) groups is 1. The summed E-state index contributed by atoms with van der Waals surface area (Å²) in [7, 11) is 1.84. The van der Waals surface area contributed by atoms with Crippen molar-refractivity contribution in [2.75, 3.05) is 17.8 Å². The highest BCUT2D eigenvalue weighted by molar-refractivity contribution is 6.05. The zero-order valence-electron chi connectivity index (χ0n) is 13.4. The van der Waals surface area contributed by atoms with Crippen LogP contribution in [-0.2, 0) is 7.05 Å². The fourth-order valence-electron chi connectivity index (χ4n) is 2.52. The summed E-state index contributed by atoms with van der Waals surface area (Å²) in [5.41, 5.74) is 9.00. The third-order valence-corrected chi connectivity index (χ3v) is 3.81. The standard InChI is InChI=1S/C17H15N5O3/c1-22-8-11(7-19-22)10-2-3-12(18)14(6-10)20-16(23)13-4-5-15-17(21-13)25-9-24-15/h2-8H,9,18H2,1H3,(H,20,23). The number of carbonyl (C=O) groups excluding carboxylic acids is 1. The number of anilines is 2. The number of pyridine rings is 1. The number of nitrogen functional groups attached to an aromatic ring is 1. The molecular formula is C17H15N5O3. The van der Waals surface area contributed by atoms with E-state index in [1.165, 1.54) is 0 Å². The Bertz CT molecular complexity index is 967. The maximum absolute atomic E-state index is 12.5. The van der Waals surface area contributed by atoms with Gasteiger partial charge < -0.3 is 20.5 Å². The zero-order valence-corrected chi connectivity index (χ0v) is 13.4. The van der Waals surface area contributed by atoms with Crippen LogP contribution in [0.2, 0.25) is 0 Å². The molecule has 3 N–H and O–H groups in total. The molecule has 0 aliphatic carbocycles. The van der Waals surface area contributed by atoms with Gasteiger partial charge in [-0.25, -0.2) is 4.98 Å². The van der Waals surface area contributed by atoms with Crippen LogP contribution in [0.25, 0.3) is 11.1 Å². The van der Waals surface area contributed by atoms with Gasteiger partial charge >= 0.3 is 0 Å². The molecule has 0 saturated carbocycles. The Hall–Kier alpha value is -3.55. The summed E-state index contributed by atoms with van der Waals surface area (Å²) in [5, 5.41) is 6.93. The molecule has 0 saturated heterocycles. The Morgan fingerprint density at radius 1 is 1.24 bits per heavy atom. The number of hydrogen-bond donors (Lipinski definition) is 2. The molecule has 0 bridgehead atoms. The maximum Gasteiger partial charge on any atom is 0.274 e. The number of aryl methyl sites for hydroxylation is 1. The molecule has 3 aromatic rings. The third-order valence-electron chi connectivity index (χ3n) is 3.81. The van der Waals surface area contributed by atoms with E-state index in [4.69, 9.17) is 15.2 Å². The smallest absolute Gasteiger partial charge is 0.274 e. The highest BCUT2D eigenvalue weighted by Gasteiger charge is 2.18. The molecule has 25 heavy (non-hydrogen) atoms. The van der Waals surface area contributed by atoms with Gasteiger partial charge in [-0.05, 0) is 29.8 Å². The largest absolute Gasteiger partial charge is 0.452 e. The second kappa shape index (κ2) is 5.82. The highest BCUT2D eigenvalue weighted by atomic mass is 16.7. The molecule has 3 heterocycles. The number of rotatable bonds is 3. The van der Waals surface area contributed by atoms with E-state index in [-0.39, 0.29) is 18.4 Å². The summed E-state index contributed by atoms with van der Waals surface area (Å²) in [4.78, 5) is 16.6. The SMILES string of the molecule is Cn1cc(-c2ccc(N)c(NC(=O)c3ccc4c(n3)OCO4)c2)cn1. The minimum atomic E-state index is -0.381. The molecule has 8 nitrogen and oxygen atoms in total. The summed E-state index contributed by atoms with van der Waals surface area (Å²) >= 11 is 0. The van der Waals surface area contributed by atoms with Crippen molar-refractivity contribution >= 4 is 17.3 Å². The Kier molecular flexibility index (Phi) is 3.50. The minimum Gasteiger partial charge on any atom is -0.452 e. The van der Waals surface area contributed by atoms with Crippen LogP contribution < -0.4 is 20.5 Å². The van der Waals surface area contributed by atoms with Crippen molar-refractivity contribution in [1.82, 2.24) is 14.8 Å². The first-order valence-corrected chi connectivity index (χ1v) is 7.57. The quantitative estimate of drug-likeness (QED) is 0.709. The number of benzene rings is 1. The van der Waals surface area contributed by atoms with Crippen LogP contribution in [0.1, 0.15) is 10.5 Å². The molecule has 1 aliphatic rings. The lowest BCUT2D eigenvalue weighted by Gasteiger charge is -2.10. The van der Waals surface area contributed by atoms with Gasteiger partial charge in [-0.3, -0.25) is 9.48 Å². The molecule has 1 aliphatic heterocycles. The van der Waals surface area contributed by atoms with Gasteiger partial charge in [-0.2, -0.15) is 5.10 Å². The monoisotopic (exact) mass is 337 g/mol. The number of amides is 1. The first-order valence-electron chi connectivity index (χ1n) is 7.57. The summed E-state index contributed by atoms with van der Waals surface area (Å²) < 4.78 is 12.1. The lowest BCUT2D eigenvalue weighted by atomic mass is 10.1. The van der Waals surface area contributed by atoms with Crippen molar-refractivity contribution in [2.24, 2.45) is 7.05 Å². The second-order valence-corrected chi connectivity index (χ2v) is 5.57. The van der Waals surface area contributed by atoms with Crippen molar-refractivity contribution in [3.05, 3.63) is 48.4 Å². The van der Waals surface area contributed by atoms with E-state index in [0.717, 1.165) is 11.1 Å². The fourth-order valence-corrected chi connectivity index (χ4v) is 2.52. The average molecular weight is 337 g/mol. The van der Waals surface area contributed by atoms with Crippen LogP contribution >= 0.6 is 0 Å². The molecule has 0 spiro atoms. The van der Waals surface area contributed by atoms with Gasteiger partial charge in [0.15, 0.2) is 5.75 Å². The summed E-state index contributed by atoms with van der Waals surface area (Å²) in [6, 6.07) is 8.65. The molecule has 0 unspecified atom stereocenters. The molecule has 8 heteroatoms. The normalized spacial score (nSPS) is 12.2. The molecule has 126 valence electrons. The molecule has 0 fully saturated rings. The number of aromatic nitrogens is 3. The fraction of sp³-hybridized carbons (Fsp3) is 0.118. The van der Waals surface area contributed by atoms with Gasteiger partial charge in [-0.1, -0.05) is 6.07 Å². The maximum atomic E-state index is 12.5. The van der Waals surface area contributed by atoms with Gasteiger partial charge in [0, 0.05) is 18.8 Å². The lowest BCUT2D eigenvalue weighted by molar-refractivity contribution is 0.102. The van der Waals surface area contributed by atoms with E-state index in [2.05, 4.69) is 15.4 Å². The summed E-state index contributed by atoms with van der Waals surface area (Å²) in [6.45, 7) is 0.105. The van der Waals surface area contributed by atoms with Crippen LogP contribution in [0, 0.1) is 0 Å². The Morgan fingerprint density at radius 2 is 2.12 bits per heavy atom. The molecule has 4 rings (SSSR count). The second-order valence-electron chi connectivity index (χ2n) is 5.57. The van der Waals surface area contributed by atoms with Crippen LogP contribution in [0.3, 0.4) is 0 Å². The third kappa shape index (κ3) is 2.85. The van der Waals surface area contributed by atoms with E-state index in [1.54, 1.807) is 35.1 Å². The van der Waals surface area contributed by atoms with Gasteiger partial charge in [0.25, 0.3) is 11.8 Å². The molecule has 0 radical (unpaired) electrons. The molecular weight excluding hydrogens is 322 g/mol. The van der Waals surface area contributed by atoms with E-state index in [0.29, 0.717) is 23.0 Å². The summed E-state index contributed by atoms with van der Waals surface area (Å²) in [5.74, 6) is 0.452. The average Bonchev–Trinajstić information content (AvgIpc) is 3.24. The van der Waals surface area contributed by atoms with E-state index >= 15 is 0 Å². The number of nitrogens with two attached hydrogens (primary N) is 1. The number of nitrogens with zero attached hydrogens (tertiary/aromatic N) is 3. The summed E-state index contributed by atoms with van der Waals surface area (Å²) in [6.07, 6.45) is 3.63. The lowest BCUT2D eigenvalue weighted by Crippen LogP contribution is -2.14. The topological polar surface area (TPSA) is 104 Å². The number of hydrogen-bond acceptors (Lipinski definition) is 6. The van der Waals surface area contributed by atoms with Crippen LogP contribution in [0.4, 0.5) is 11.4 Å². The van der Waals surface area contributed by atoms with Crippen molar-refractivity contribution in [3.63, 3.8) is 0 Å². The van der Waals surface area contributed by atoms with Crippen LogP contribution in [0.5, 0.6) is 11.6 Å². The predicted octanol–water partition coefficient (Wildman–Crippen LogP) is 2.05. The van der Waals surface area contributed by atoms with Gasteiger partial charge in [-0.15, -0.1) is 0 Å². The number of nitrogens with one attached hydrogen (secondary N) is 1. The first-order chi connectivity index (χ1) is 12.1. The van der Waals surface area contributed by atoms with Gasteiger partial charge in [0.1, 0.15) is 5.69 Å². The molecule has 1 amide bonds. The van der Waals surface area contributed by atoms with E-state index < -0.39 is 0 Å². The van der Waals surface area contributed by atoms with Crippen molar-refractivity contribution < 1.29 is 14.3 Å². The van der Waals surface area contributed by atoms with Gasteiger partial charge in [0.05, 0.1) is 17.6 Å². The van der Waals surface area contributed by atoms with Crippen molar-refractivity contribution in [2.45, 2.75) is 0 Å².